The molecule has 0 radical (unpaired) electrons. The van der Waals surface area contributed by atoms with E-state index < -0.39 is 5.92 Å². The predicted octanol–water partition coefficient (Wildman–Crippen LogP) is 2.47. The fourth-order valence-electron chi connectivity index (χ4n) is 0.951. The molecule has 0 unspecified atom stereocenters. The van der Waals surface area contributed by atoms with Crippen molar-refractivity contribution in [3.05, 3.63) is 33.8 Å². The third-order valence-corrected chi connectivity index (χ3v) is 2.18. The Kier molecular flexibility index (Phi) is 3.46. The average molecular weight is 217 g/mol. The summed E-state index contributed by atoms with van der Waals surface area (Å²) in [4.78, 5) is 20.9. The monoisotopic (exact) mass is 216 g/mol. The first-order valence-corrected chi connectivity index (χ1v) is 4.30. The molecular formula is C9H6Cl2O2. The van der Waals surface area contributed by atoms with Crippen molar-refractivity contribution in [2.75, 3.05) is 0 Å². The van der Waals surface area contributed by atoms with Crippen molar-refractivity contribution >= 4 is 35.8 Å². The minimum Gasteiger partial charge on any atom is -0.302 e. The number of carbonyl (C=O) groups is 2. The summed E-state index contributed by atoms with van der Waals surface area (Å²) in [6.45, 7) is 0. The van der Waals surface area contributed by atoms with Gasteiger partial charge in [0, 0.05) is 10.0 Å². The molecule has 0 bridgehead atoms. The predicted molar refractivity (Wildman–Crippen MR) is 51.3 cm³/mol. The van der Waals surface area contributed by atoms with Crippen molar-refractivity contribution in [1.29, 1.82) is 0 Å². The van der Waals surface area contributed by atoms with E-state index in [0.29, 0.717) is 28.2 Å². The van der Waals surface area contributed by atoms with Crippen LogP contribution in [-0.4, -0.2) is 12.6 Å². The van der Waals surface area contributed by atoms with Gasteiger partial charge in [0.25, 0.3) is 0 Å². The Morgan fingerprint density at radius 3 is 2.23 bits per heavy atom. The van der Waals surface area contributed by atoms with Crippen LogP contribution >= 0.6 is 23.2 Å². The van der Waals surface area contributed by atoms with Crippen LogP contribution in [0.2, 0.25) is 10.0 Å². The highest BCUT2D eigenvalue weighted by molar-refractivity contribution is 6.35. The lowest BCUT2D eigenvalue weighted by Gasteiger charge is -2.05. The van der Waals surface area contributed by atoms with E-state index in [2.05, 4.69) is 0 Å². The number of carbonyl (C=O) groups excluding carboxylic acids is 2. The molecule has 0 amide bonds. The first-order valence-electron chi connectivity index (χ1n) is 3.54. The highest BCUT2D eigenvalue weighted by Gasteiger charge is 2.12. The van der Waals surface area contributed by atoms with E-state index >= 15 is 0 Å². The molecule has 0 aliphatic rings. The Morgan fingerprint density at radius 1 is 1.15 bits per heavy atom. The van der Waals surface area contributed by atoms with Gasteiger partial charge in [-0.05, 0) is 17.7 Å². The quantitative estimate of drug-likeness (QED) is 0.575. The van der Waals surface area contributed by atoms with E-state index in [4.69, 9.17) is 23.2 Å². The van der Waals surface area contributed by atoms with Gasteiger partial charge >= 0.3 is 0 Å². The minimum absolute atomic E-state index is 0.330. The molecule has 0 aliphatic heterocycles. The van der Waals surface area contributed by atoms with Crippen LogP contribution in [0, 0.1) is 0 Å². The molecule has 1 aromatic rings. The second-order valence-electron chi connectivity index (χ2n) is 2.46. The van der Waals surface area contributed by atoms with Crippen LogP contribution in [0.1, 0.15) is 11.5 Å². The number of benzene rings is 1. The summed E-state index contributed by atoms with van der Waals surface area (Å²) in [7, 11) is 0. The number of halogens is 2. The highest BCUT2D eigenvalue weighted by atomic mass is 35.5. The van der Waals surface area contributed by atoms with Crippen LogP contribution in [0.4, 0.5) is 0 Å². The van der Waals surface area contributed by atoms with Crippen LogP contribution in [0.3, 0.4) is 0 Å². The van der Waals surface area contributed by atoms with Gasteiger partial charge in [-0.25, -0.2) is 0 Å². The Hall–Kier alpha value is -0.860. The Morgan fingerprint density at radius 2 is 1.77 bits per heavy atom. The van der Waals surface area contributed by atoms with Gasteiger partial charge in [-0.1, -0.05) is 29.3 Å². The van der Waals surface area contributed by atoms with E-state index in [1.807, 2.05) is 0 Å². The topological polar surface area (TPSA) is 34.1 Å². The first-order chi connectivity index (χ1) is 6.19. The molecule has 2 nitrogen and oxygen atoms in total. The summed E-state index contributed by atoms with van der Waals surface area (Å²) >= 11 is 11.4. The molecule has 0 saturated carbocycles. The normalized spacial score (nSPS) is 10.1. The van der Waals surface area contributed by atoms with E-state index in [-0.39, 0.29) is 0 Å². The van der Waals surface area contributed by atoms with E-state index in [1.54, 1.807) is 12.1 Å². The van der Waals surface area contributed by atoms with Gasteiger partial charge in [0.1, 0.15) is 12.6 Å². The van der Waals surface area contributed by atoms with Crippen molar-refractivity contribution in [2.45, 2.75) is 5.92 Å². The zero-order chi connectivity index (χ0) is 9.84. The SMILES string of the molecule is O=CC(C=O)c1ccc(Cl)cc1Cl. The van der Waals surface area contributed by atoms with Gasteiger partial charge in [0.15, 0.2) is 0 Å². The smallest absolute Gasteiger partial charge is 0.134 e. The molecule has 1 rings (SSSR count). The van der Waals surface area contributed by atoms with Crippen LogP contribution in [0.25, 0.3) is 0 Å². The van der Waals surface area contributed by atoms with Crippen LogP contribution in [-0.2, 0) is 9.59 Å². The summed E-state index contributed by atoms with van der Waals surface area (Å²) < 4.78 is 0. The summed E-state index contributed by atoms with van der Waals surface area (Å²) in [6, 6.07) is 4.65. The molecule has 0 spiro atoms. The zero-order valence-corrected chi connectivity index (χ0v) is 8.05. The van der Waals surface area contributed by atoms with Gasteiger partial charge in [-0.15, -0.1) is 0 Å². The number of hydrogen-bond acceptors (Lipinski definition) is 2. The largest absolute Gasteiger partial charge is 0.302 e. The summed E-state index contributed by atoms with van der Waals surface area (Å²) in [5.74, 6) is -0.801. The zero-order valence-electron chi connectivity index (χ0n) is 6.54. The molecule has 0 aliphatic carbocycles. The van der Waals surface area contributed by atoms with Crippen molar-refractivity contribution in [2.24, 2.45) is 0 Å². The molecule has 68 valence electrons. The fourth-order valence-corrected chi connectivity index (χ4v) is 1.49. The molecule has 0 fully saturated rings. The molecule has 0 heterocycles. The fraction of sp³-hybridized carbons (Fsp3) is 0.111. The number of rotatable bonds is 3. The number of hydrogen-bond donors (Lipinski definition) is 0. The van der Waals surface area contributed by atoms with Gasteiger partial charge in [-0.2, -0.15) is 0 Å². The standard InChI is InChI=1S/C9H6Cl2O2/c10-7-1-2-8(9(11)3-7)6(4-12)5-13/h1-6H. The lowest BCUT2D eigenvalue weighted by atomic mass is 10.0. The van der Waals surface area contributed by atoms with Crippen LogP contribution in [0.5, 0.6) is 0 Å². The Labute approximate surface area is 85.5 Å². The molecule has 4 heteroatoms. The summed E-state index contributed by atoms with van der Waals surface area (Å²) in [5.41, 5.74) is 0.482. The molecule has 0 aromatic heterocycles. The Bertz CT molecular complexity index is 328. The van der Waals surface area contributed by atoms with Crippen molar-refractivity contribution in [3.63, 3.8) is 0 Å². The maximum atomic E-state index is 10.5. The maximum absolute atomic E-state index is 10.5. The van der Waals surface area contributed by atoms with Crippen molar-refractivity contribution in [1.82, 2.24) is 0 Å². The Balaban J connectivity index is 3.13. The van der Waals surface area contributed by atoms with Crippen molar-refractivity contribution < 1.29 is 9.59 Å². The van der Waals surface area contributed by atoms with E-state index in [1.165, 1.54) is 6.07 Å². The molecule has 13 heavy (non-hydrogen) atoms. The molecule has 0 N–H and O–H groups in total. The van der Waals surface area contributed by atoms with Gasteiger partial charge in [0.2, 0.25) is 0 Å². The van der Waals surface area contributed by atoms with Crippen molar-refractivity contribution in [3.8, 4) is 0 Å². The minimum atomic E-state index is -0.801. The second kappa shape index (κ2) is 4.40. The lowest BCUT2D eigenvalue weighted by molar-refractivity contribution is -0.116. The lowest BCUT2D eigenvalue weighted by Crippen LogP contribution is -2.01. The molecule has 0 saturated heterocycles. The van der Waals surface area contributed by atoms with Gasteiger partial charge < -0.3 is 9.59 Å². The van der Waals surface area contributed by atoms with E-state index in [9.17, 15) is 9.59 Å². The molecule has 1 aromatic carbocycles. The van der Waals surface area contributed by atoms with E-state index in [0.717, 1.165) is 0 Å². The second-order valence-corrected chi connectivity index (χ2v) is 3.31. The average Bonchev–Trinajstić information content (AvgIpc) is 2.10. The highest BCUT2D eigenvalue weighted by Crippen LogP contribution is 2.25. The molecular weight excluding hydrogens is 211 g/mol. The summed E-state index contributed by atoms with van der Waals surface area (Å²) in [6.07, 6.45) is 1.09. The first kappa shape index (κ1) is 10.2. The third-order valence-electron chi connectivity index (χ3n) is 1.61. The summed E-state index contributed by atoms with van der Waals surface area (Å²) in [5, 5.41) is 0.806. The van der Waals surface area contributed by atoms with Gasteiger partial charge in [0.05, 0.1) is 5.92 Å². The van der Waals surface area contributed by atoms with Crippen LogP contribution in [0.15, 0.2) is 18.2 Å². The number of aldehydes is 2. The van der Waals surface area contributed by atoms with Crippen LogP contribution < -0.4 is 0 Å². The third kappa shape index (κ3) is 2.29. The molecule has 0 atom stereocenters. The van der Waals surface area contributed by atoms with Gasteiger partial charge in [-0.3, -0.25) is 0 Å². The maximum Gasteiger partial charge on any atom is 0.134 e.